The molecule has 4 rings (SSSR count). The van der Waals surface area contributed by atoms with Crippen LogP contribution in [0.1, 0.15) is 19.1 Å². The Labute approximate surface area is 163 Å². The molecule has 10 heteroatoms. The smallest absolute Gasteiger partial charge is 0.200 e. The van der Waals surface area contributed by atoms with Gasteiger partial charge in [-0.1, -0.05) is 0 Å². The van der Waals surface area contributed by atoms with Gasteiger partial charge < -0.3 is 24.6 Å². The molecule has 0 radical (unpaired) electrons. The molecule has 3 heterocycles. The van der Waals surface area contributed by atoms with Crippen LogP contribution in [0.2, 0.25) is 0 Å². The molecule has 9 nitrogen and oxygen atoms in total. The first-order chi connectivity index (χ1) is 13.1. The summed E-state index contributed by atoms with van der Waals surface area (Å²) in [6.07, 6.45) is 3.57. The quantitative estimate of drug-likeness (QED) is 0.464. The second-order valence-electron chi connectivity index (χ2n) is 5.99. The first kappa shape index (κ1) is 17.8. The zero-order chi connectivity index (χ0) is 19.0. The summed E-state index contributed by atoms with van der Waals surface area (Å²) in [7, 11) is 2.95. The molecule has 0 saturated carbocycles. The average Bonchev–Trinajstić information content (AvgIpc) is 3.32. The normalized spacial score (nSPS) is 16.6. The fourth-order valence-electron chi connectivity index (χ4n) is 3.07. The van der Waals surface area contributed by atoms with Crippen molar-refractivity contribution in [1.29, 1.82) is 0 Å². The molecule has 0 amide bonds. The summed E-state index contributed by atoms with van der Waals surface area (Å²) < 4.78 is 18.5. The Balaban J connectivity index is 1.76. The van der Waals surface area contributed by atoms with E-state index in [1.54, 1.807) is 18.5 Å². The fraction of sp³-hybridized carbons (Fsp3) is 0.353. The maximum absolute atomic E-state index is 10.1. The van der Waals surface area contributed by atoms with Crippen LogP contribution in [0.4, 0.5) is 11.5 Å². The molecule has 1 aliphatic heterocycles. The predicted molar refractivity (Wildman–Crippen MR) is 102 cm³/mol. The lowest BCUT2D eigenvalue weighted by Gasteiger charge is -2.14. The number of hydrogen-bond acceptors (Lipinski definition) is 8. The van der Waals surface area contributed by atoms with Gasteiger partial charge in [-0.15, -0.1) is 0 Å². The van der Waals surface area contributed by atoms with Crippen molar-refractivity contribution in [2.75, 3.05) is 26.1 Å². The maximum atomic E-state index is 10.1. The van der Waals surface area contributed by atoms with E-state index in [0.29, 0.717) is 27.4 Å². The van der Waals surface area contributed by atoms with Crippen LogP contribution in [0, 0.1) is 0 Å². The molecule has 142 valence electrons. The minimum atomic E-state index is -0.0708. The standard InChI is InChI=1S/C17H18BrN5O4/c1-25-10-6-9(7-11(26-2)14(10)24)20-15-13-16(22-17(18)21-15)23(8-19-13)12-4-3-5-27-12/h6-8,12,24H,3-5H2,1-2H3,(H,20,21,22). The van der Waals surface area contributed by atoms with Crippen molar-refractivity contribution in [2.24, 2.45) is 0 Å². The second-order valence-corrected chi connectivity index (χ2v) is 6.70. The Kier molecular flexibility index (Phi) is 4.75. The number of ether oxygens (including phenoxy) is 3. The third-order valence-electron chi connectivity index (χ3n) is 4.35. The van der Waals surface area contributed by atoms with Gasteiger partial charge in [0.25, 0.3) is 0 Å². The lowest BCUT2D eigenvalue weighted by Crippen LogP contribution is -2.07. The van der Waals surface area contributed by atoms with Gasteiger partial charge in [-0.25, -0.2) is 15.0 Å². The van der Waals surface area contributed by atoms with Crippen LogP contribution in [0.3, 0.4) is 0 Å². The van der Waals surface area contributed by atoms with Gasteiger partial charge in [0.1, 0.15) is 6.23 Å². The van der Waals surface area contributed by atoms with Crippen molar-refractivity contribution in [1.82, 2.24) is 19.5 Å². The molecule has 1 atom stereocenters. The fourth-order valence-corrected chi connectivity index (χ4v) is 3.42. The highest BCUT2D eigenvalue weighted by Crippen LogP contribution is 2.40. The van der Waals surface area contributed by atoms with E-state index in [2.05, 4.69) is 36.2 Å². The Morgan fingerprint density at radius 3 is 2.63 bits per heavy atom. The highest BCUT2D eigenvalue weighted by Gasteiger charge is 2.22. The Bertz CT molecular complexity index is 962. The summed E-state index contributed by atoms with van der Waals surface area (Å²) in [6.45, 7) is 0.731. The molecule has 1 fully saturated rings. The number of nitrogens with one attached hydrogen (secondary N) is 1. The summed E-state index contributed by atoms with van der Waals surface area (Å²) >= 11 is 3.36. The summed E-state index contributed by atoms with van der Waals surface area (Å²) in [5.74, 6) is 1.01. The number of hydrogen-bond donors (Lipinski definition) is 2. The number of aromatic hydroxyl groups is 1. The number of imidazole rings is 1. The molecule has 27 heavy (non-hydrogen) atoms. The van der Waals surface area contributed by atoms with Crippen LogP contribution in [0.5, 0.6) is 17.2 Å². The highest BCUT2D eigenvalue weighted by atomic mass is 79.9. The summed E-state index contributed by atoms with van der Waals surface area (Å²) in [4.78, 5) is 13.3. The monoisotopic (exact) mass is 435 g/mol. The molecule has 2 N–H and O–H groups in total. The zero-order valence-electron chi connectivity index (χ0n) is 14.8. The average molecular weight is 436 g/mol. The lowest BCUT2D eigenvalue weighted by molar-refractivity contribution is 0.0592. The predicted octanol–water partition coefficient (Wildman–Crippen LogP) is 3.36. The summed E-state index contributed by atoms with van der Waals surface area (Å²) in [5.41, 5.74) is 1.91. The van der Waals surface area contributed by atoms with Crippen molar-refractivity contribution >= 4 is 38.6 Å². The van der Waals surface area contributed by atoms with Gasteiger partial charge in [-0.05, 0) is 28.8 Å². The van der Waals surface area contributed by atoms with Crippen LogP contribution < -0.4 is 14.8 Å². The maximum Gasteiger partial charge on any atom is 0.200 e. The summed E-state index contributed by atoms with van der Waals surface area (Å²) in [6, 6.07) is 3.30. The highest BCUT2D eigenvalue weighted by molar-refractivity contribution is 9.10. The van der Waals surface area contributed by atoms with Gasteiger partial charge in [-0.2, -0.15) is 0 Å². The van der Waals surface area contributed by atoms with Crippen molar-refractivity contribution in [3.63, 3.8) is 0 Å². The van der Waals surface area contributed by atoms with Gasteiger partial charge in [0, 0.05) is 24.4 Å². The number of fused-ring (bicyclic) bond motifs is 1. The van der Waals surface area contributed by atoms with E-state index in [0.717, 1.165) is 19.4 Å². The van der Waals surface area contributed by atoms with Crippen LogP contribution in [0.25, 0.3) is 11.2 Å². The number of nitrogens with zero attached hydrogens (tertiary/aromatic N) is 4. The van der Waals surface area contributed by atoms with Crippen LogP contribution >= 0.6 is 15.9 Å². The molecule has 3 aromatic rings. The molecule has 0 spiro atoms. The Morgan fingerprint density at radius 2 is 2.00 bits per heavy atom. The zero-order valence-corrected chi connectivity index (χ0v) is 16.4. The van der Waals surface area contributed by atoms with Gasteiger partial charge in [0.05, 0.1) is 20.5 Å². The van der Waals surface area contributed by atoms with Crippen LogP contribution in [0.15, 0.2) is 23.2 Å². The van der Waals surface area contributed by atoms with E-state index in [-0.39, 0.29) is 23.5 Å². The Morgan fingerprint density at radius 1 is 1.26 bits per heavy atom. The second kappa shape index (κ2) is 7.20. The van der Waals surface area contributed by atoms with Crippen molar-refractivity contribution in [3.05, 3.63) is 23.2 Å². The van der Waals surface area contributed by atoms with E-state index < -0.39 is 0 Å². The molecule has 0 aliphatic carbocycles. The van der Waals surface area contributed by atoms with Gasteiger partial charge in [0.2, 0.25) is 10.5 Å². The molecule has 1 saturated heterocycles. The van der Waals surface area contributed by atoms with Crippen LogP contribution in [-0.2, 0) is 4.74 Å². The first-order valence-corrected chi connectivity index (χ1v) is 9.13. The number of aromatic nitrogens is 4. The molecule has 1 unspecified atom stereocenters. The van der Waals surface area contributed by atoms with E-state index in [9.17, 15) is 5.11 Å². The van der Waals surface area contributed by atoms with Crippen molar-refractivity contribution < 1.29 is 19.3 Å². The molecule has 2 aromatic heterocycles. The van der Waals surface area contributed by atoms with E-state index in [1.807, 2.05) is 4.57 Å². The summed E-state index contributed by atoms with van der Waals surface area (Å²) in [5, 5.41) is 13.3. The molecule has 1 aliphatic rings. The number of methoxy groups -OCH3 is 2. The largest absolute Gasteiger partial charge is 0.502 e. The van der Waals surface area contributed by atoms with Gasteiger partial charge in [0.15, 0.2) is 28.5 Å². The topological polar surface area (TPSA) is 104 Å². The third-order valence-corrected chi connectivity index (χ3v) is 4.71. The molecular weight excluding hydrogens is 418 g/mol. The van der Waals surface area contributed by atoms with Crippen molar-refractivity contribution in [3.8, 4) is 17.2 Å². The molecular formula is C17H18BrN5O4. The molecule has 1 aromatic carbocycles. The van der Waals surface area contributed by atoms with Crippen molar-refractivity contribution in [2.45, 2.75) is 19.1 Å². The first-order valence-electron chi connectivity index (χ1n) is 8.34. The number of halogens is 1. The van der Waals surface area contributed by atoms with E-state index in [1.165, 1.54) is 14.2 Å². The van der Waals surface area contributed by atoms with E-state index in [4.69, 9.17) is 14.2 Å². The van der Waals surface area contributed by atoms with Gasteiger partial charge in [-0.3, -0.25) is 4.57 Å². The van der Waals surface area contributed by atoms with Gasteiger partial charge >= 0.3 is 0 Å². The SMILES string of the molecule is COc1cc(Nc2nc(Br)nc3c2ncn3C2CCCO2)cc(OC)c1O. The van der Waals surface area contributed by atoms with E-state index >= 15 is 0 Å². The number of phenols is 1. The molecule has 0 bridgehead atoms. The number of phenolic OH excluding ortho intramolecular Hbond substituents is 1. The Hall–Kier alpha value is -2.59. The number of rotatable bonds is 5. The van der Waals surface area contributed by atoms with Crippen LogP contribution in [-0.4, -0.2) is 45.5 Å². The minimum absolute atomic E-state index is 0.0674. The third kappa shape index (κ3) is 3.26. The number of anilines is 2. The number of benzene rings is 1. The lowest BCUT2D eigenvalue weighted by atomic mass is 10.2. The minimum Gasteiger partial charge on any atom is -0.502 e.